The molecule has 0 aliphatic carbocycles. The van der Waals surface area contributed by atoms with Crippen molar-refractivity contribution in [3.8, 4) is 5.75 Å². The summed E-state index contributed by atoms with van der Waals surface area (Å²) >= 11 is 1.47. The van der Waals surface area contributed by atoms with E-state index in [1.54, 1.807) is 37.4 Å². The fraction of sp³-hybridized carbons (Fsp3) is 0.167. The Kier molecular flexibility index (Phi) is 4.96. The van der Waals surface area contributed by atoms with Gasteiger partial charge in [0.1, 0.15) is 11.3 Å². The summed E-state index contributed by atoms with van der Waals surface area (Å²) in [4.78, 5) is 27.7. The molecule has 0 saturated carbocycles. The predicted molar refractivity (Wildman–Crippen MR) is 92.2 cm³/mol. The van der Waals surface area contributed by atoms with Gasteiger partial charge in [0.2, 0.25) is 0 Å². The summed E-state index contributed by atoms with van der Waals surface area (Å²) in [7, 11) is 0. The normalized spacial score (nSPS) is 10.7. The fourth-order valence-corrected chi connectivity index (χ4v) is 2.90. The highest BCUT2D eigenvalue weighted by Crippen LogP contribution is 2.24. The van der Waals surface area contributed by atoms with E-state index < -0.39 is 5.63 Å². The van der Waals surface area contributed by atoms with Crippen LogP contribution in [-0.4, -0.2) is 11.0 Å². The quantitative estimate of drug-likeness (QED) is 0.304. The van der Waals surface area contributed by atoms with Gasteiger partial charge >= 0.3 is 11.6 Å². The Hall–Kier alpha value is -2.60. The number of hydrogen-bond acceptors (Lipinski definition) is 6. The van der Waals surface area contributed by atoms with Gasteiger partial charge in [-0.25, -0.2) is 9.78 Å². The minimum atomic E-state index is -0.398. The monoisotopic (exact) mass is 341 g/mol. The number of nitrogens with zero attached hydrogens (tertiary/aromatic N) is 1. The smallest absolute Gasteiger partial charge is 0.340 e. The van der Waals surface area contributed by atoms with Gasteiger partial charge in [-0.1, -0.05) is 13.0 Å². The lowest BCUT2D eigenvalue weighted by Gasteiger charge is -2.05. The lowest BCUT2D eigenvalue weighted by atomic mass is 10.2. The molecule has 5 nitrogen and oxygen atoms in total. The molecule has 0 N–H and O–H groups in total. The molecular formula is C18H15NO4S. The van der Waals surface area contributed by atoms with Crippen molar-refractivity contribution in [3.05, 3.63) is 64.6 Å². The van der Waals surface area contributed by atoms with Gasteiger partial charge in [0.15, 0.2) is 0 Å². The van der Waals surface area contributed by atoms with Gasteiger partial charge in [-0.3, -0.25) is 4.79 Å². The van der Waals surface area contributed by atoms with Gasteiger partial charge in [-0.05, 0) is 30.3 Å². The number of rotatable bonds is 5. The van der Waals surface area contributed by atoms with Gasteiger partial charge < -0.3 is 9.15 Å². The van der Waals surface area contributed by atoms with Crippen molar-refractivity contribution in [1.82, 2.24) is 4.98 Å². The highest BCUT2D eigenvalue weighted by Gasteiger charge is 2.09. The summed E-state index contributed by atoms with van der Waals surface area (Å²) in [5.74, 6) is 0.509. The summed E-state index contributed by atoms with van der Waals surface area (Å²) in [6.07, 6.45) is 2.00. The van der Waals surface area contributed by atoms with Crippen molar-refractivity contribution in [3.63, 3.8) is 0 Å². The average Bonchev–Trinajstić information content (AvgIpc) is 2.60. The number of thioether (sulfide) groups is 1. The summed E-state index contributed by atoms with van der Waals surface area (Å²) in [6, 6.07) is 12.4. The number of carbonyl (C=O) groups excluding carboxylic acids is 1. The average molecular weight is 341 g/mol. The van der Waals surface area contributed by atoms with Crippen LogP contribution in [0, 0.1) is 0 Å². The van der Waals surface area contributed by atoms with Crippen molar-refractivity contribution >= 4 is 28.7 Å². The number of esters is 1. The molecule has 2 heterocycles. The number of fused-ring (bicyclic) bond motifs is 1. The first kappa shape index (κ1) is 16.3. The molecule has 122 valence electrons. The highest BCUT2D eigenvalue weighted by atomic mass is 32.2. The Labute approximate surface area is 142 Å². The van der Waals surface area contributed by atoms with E-state index in [9.17, 15) is 9.59 Å². The second-order valence-electron chi connectivity index (χ2n) is 5.04. The third-order valence-corrected chi connectivity index (χ3v) is 4.31. The second-order valence-corrected chi connectivity index (χ2v) is 6.04. The SMILES string of the molecule is CCC(=O)Oc1ccc2cc(CSc3ccccn3)c(=O)oc2c1. The molecule has 0 bridgehead atoms. The van der Waals surface area contributed by atoms with Gasteiger partial charge in [0.25, 0.3) is 0 Å². The van der Waals surface area contributed by atoms with E-state index in [0.29, 0.717) is 22.6 Å². The Balaban J connectivity index is 1.83. The van der Waals surface area contributed by atoms with Crippen molar-refractivity contribution < 1.29 is 13.9 Å². The largest absolute Gasteiger partial charge is 0.426 e. The Morgan fingerprint density at radius 3 is 2.88 bits per heavy atom. The van der Waals surface area contributed by atoms with Crippen LogP contribution in [0.25, 0.3) is 11.0 Å². The van der Waals surface area contributed by atoms with E-state index in [-0.39, 0.29) is 12.4 Å². The van der Waals surface area contributed by atoms with Gasteiger partial charge in [0, 0.05) is 35.4 Å². The topological polar surface area (TPSA) is 69.4 Å². The molecule has 6 heteroatoms. The molecule has 0 aliphatic rings. The Morgan fingerprint density at radius 2 is 2.12 bits per heavy atom. The number of benzene rings is 1. The van der Waals surface area contributed by atoms with E-state index >= 15 is 0 Å². The minimum Gasteiger partial charge on any atom is -0.426 e. The van der Waals surface area contributed by atoms with Crippen LogP contribution < -0.4 is 10.4 Å². The van der Waals surface area contributed by atoms with Crippen LogP contribution in [0.2, 0.25) is 0 Å². The maximum Gasteiger partial charge on any atom is 0.340 e. The zero-order chi connectivity index (χ0) is 16.9. The van der Waals surface area contributed by atoms with Crippen LogP contribution in [0.5, 0.6) is 5.75 Å². The molecule has 0 fully saturated rings. The molecule has 0 aliphatic heterocycles. The van der Waals surface area contributed by atoms with E-state index in [1.165, 1.54) is 11.8 Å². The summed E-state index contributed by atoms with van der Waals surface area (Å²) < 4.78 is 10.5. The lowest BCUT2D eigenvalue weighted by molar-refractivity contribution is -0.134. The summed E-state index contributed by atoms with van der Waals surface area (Å²) in [5, 5.41) is 1.63. The number of carbonyl (C=O) groups is 1. The maximum absolute atomic E-state index is 12.1. The molecule has 3 aromatic rings. The maximum atomic E-state index is 12.1. The molecule has 0 amide bonds. The van der Waals surface area contributed by atoms with Crippen LogP contribution in [0.1, 0.15) is 18.9 Å². The van der Waals surface area contributed by atoms with Crippen LogP contribution in [0.3, 0.4) is 0 Å². The molecule has 0 saturated heterocycles. The van der Waals surface area contributed by atoms with E-state index in [4.69, 9.17) is 9.15 Å². The number of ether oxygens (including phenoxy) is 1. The third kappa shape index (κ3) is 3.83. The predicted octanol–water partition coefficient (Wildman–Crippen LogP) is 3.80. The number of hydrogen-bond donors (Lipinski definition) is 0. The first-order chi connectivity index (χ1) is 11.7. The van der Waals surface area contributed by atoms with Gasteiger partial charge in [0.05, 0.1) is 5.03 Å². The van der Waals surface area contributed by atoms with Crippen molar-refractivity contribution in [1.29, 1.82) is 0 Å². The Morgan fingerprint density at radius 1 is 1.25 bits per heavy atom. The van der Waals surface area contributed by atoms with Crippen molar-refractivity contribution in [2.45, 2.75) is 24.1 Å². The molecule has 0 atom stereocenters. The van der Waals surface area contributed by atoms with Gasteiger partial charge in [-0.15, -0.1) is 11.8 Å². The molecule has 1 aromatic carbocycles. The highest BCUT2D eigenvalue weighted by molar-refractivity contribution is 7.98. The van der Waals surface area contributed by atoms with Crippen LogP contribution in [-0.2, 0) is 10.5 Å². The first-order valence-corrected chi connectivity index (χ1v) is 8.45. The van der Waals surface area contributed by atoms with Crippen LogP contribution >= 0.6 is 11.8 Å². The number of aromatic nitrogens is 1. The summed E-state index contributed by atoms with van der Waals surface area (Å²) in [6.45, 7) is 1.72. The first-order valence-electron chi connectivity index (χ1n) is 7.47. The fourth-order valence-electron chi connectivity index (χ4n) is 2.09. The van der Waals surface area contributed by atoms with Gasteiger partial charge in [-0.2, -0.15) is 0 Å². The Bertz CT molecular complexity index is 921. The van der Waals surface area contributed by atoms with Crippen LogP contribution in [0.4, 0.5) is 0 Å². The molecule has 2 aromatic heterocycles. The lowest BCUT2D eigenvalue weighted by Crippen LogP contribution is -2.07. The third-order valence-electron chi connectivity index (χ3n) is 3.31. The summed E-state index contributed by atoms with van der Waals surface area (Å²) in [5.41, 5.74) is 0.564. The molecule has 3 rings (SSSR count). The molecule has 0 unspecified atom stereocenters. The number of pyridine rings is 1. The van der Waals surface area contributed by atoms with E-state index in [0.717, 1.165) is 10.4 Å². The minimum absolute atomic E-state index is 0.283. The molecule has 0 radical (unpaired) electrons. The van der Waals surface area contributed by atoms with E-state index in [1.807, 2.05) is 18.2 Å². The molecule has 24 heavy (non-hydrogen) atoms. The second kappa shape index (κ2) is 7.31. The molecule has 0 spiro atoms. The van der Waals surface area contributed by atoms with Crippen molar-refractivity contribution in [2.24, 2.45) is 0 Å². The standard InChI is InChI=1S/C18H15NO4S/c1-2-17(20)22-14-7-6-12-9-13(18(21)23-15(12)10-14)11-24-16-5-3-4-8-19-16/h3-10H,2,11H2,1H3. The molecular weight excluding hydrogens is 326 g/mol. The van der Waals surface area contributed by atoms with Crippen LogP contribution in [0.15, 0.2) is 62.9 Å². The zero-order valence-electron chi connectivity index (χ0n) is 13.0. The van der Waals surface area contributed by atoms with E-state index in [2.05, 4.69) is 4.98 Å². The zero-order valence-corrected chi connectivity index (χ0v) is 13.8. The van der Waals surface area contributed by atoms with Crippen molar-refractivity contribution in [2.75, 3.05) is 0 Å².